The number of hydrogen-bond donors (Lipinski definition) is 3. The van der Waals surface area contributed by atoms with Crippen molar-refractivity contribution in [3.05, 3.63) is 5.01 Å². The molecule has 2 amide bonds. The third-order valence-corrected chi connectivity index (χ3v) is 3.84. The van der Waals surface area contributed by atoms with Gasteiger partial charge in [-0.05, 0) is 5.92 Å². The molecule has 0 radical (unpaired) electrons. The summed E-state index contributed by atoms with van der Waals surface area (Å²) in [7, 11) is 0. The molecule has 1 rings (SSSR count). The van der Waals surface area contributed by atoms with Crippen molar-refractivity contribution in [3.8, 4) is 0 Å². The molecule has 1 aromatic rings. The van der Waals surface area contributed by atoms with E-state index >= 15 is 0 Å². The Kier molecular flexibility index (Phi) is 6.34. The van der Waals surface area contributed by atoms with E-state index in [-0.39, 0.29) is 28.9 Å². The number of rotatable bonds is 6. The van der Waals surface area contributed by atoms with Crippen LogP contribution in [0.5, 0.6) is 0 Å². The van der Waals surface area contributed by atoms with E-state index in [0.29, 0.717) is 0 Å². The van der Waals surface area contributed by atoms with Gasteiger partial charge >= 0.3 is 12.2 Å². The Morgan fingerprint density at radius 3 is 2.43 bits per heavy atom. The second kappa shape index (κ2) is 7.55. The zero-order valence-electron chi connectivity index (χ0n) is 11.6. The molecule has 0 spiro atoms. The molecule has 1 atom stereocenters. The molecule has 0 saturated heterocycles. The lowest BCUT2D eigenvalue weighted by atomic mass is 9.97. The van der Waals surface area contributed by atoms with Crippen molar-refractivity contribution < 1.29 is 23.1 Å². The van der Waals surface area contributed by atoms with Gasteiger partial charge in [0, 0.05) is 6.54 Å². The molecule has 0 aromatic carbocycles. The van der Waals surface area contributed by atoms with Crippen LogP contribution < -0.4 is 10.6 Å². The molecule has 120 valence electrons. The van der Waals surface area contributed by atoms with E-state index in [1.54, 1.807) is 0 Å². The van der Waals surface area contributed by atoms with Crippen molar-refractivity contribution in [2.45, 2.75) is 39.0 Å². The van der Waals surface area contributed by atoms with Crippen molar-refractivity contribution in [1.29, 1.82) is 0 Å². The highest BCUT2D eigenvalue weighted by atomic mass is 32.1. The number of aliphatic hydroxyl groups excluding tert-OH is 1. The summed E-state index contributed by atoms with van der Waals surface area (Å²) in [6.45, 7) is 3.87. The highest BCUT2D eigenvalue weighted by Crippen LogP contribution is 2.32. The molecule has 1 unspecified atom stereocenters. The van der Waals surface area contributed by atoms with Crippen LogP contribution in [0.4, 0.5) is 23.1 Å². The maximum absolute atomic E-state index is 12.3. The average molecular weight is 326 g/mol. The van der Waals surface area contributed by atoms with E-state index in [1.807, 2.05) is 13.8 Å². The summed E-state index contributed by atoms with van der Waals surface area (Å²) in [6.07, 6.45) is -3.75. The lowest BCUT2D eigenvalue weighted by Crippen LogP contribution is -2.38. The van der Waals surface area contributed by atoms with Gasteiger partial charge in [-0.15, -0.1) is 10.2 Å². The Morgan fingerprint density at radius 1 is 1.33 bits per heavy atom. The molecule has 3 N–H and O–H groups in total. The molecule has 21 heavy (non-hydrogen) atoms. The molecule has 0 aliphatic heterocycles. The van der Waals surface area contributed by atoms with Gasteiger partial charge in [0.2, 0.25) is 10.1 Å². The van der Waals surface area contributed by atoms with E-state index in [2.05, 4.69) is 20.8 Å². The summed E-state index contributed by atoms with van der Waals surface area (Å²) >= 11 is 0.236. The number of hydrogen-bond acceptors (Lipinski definition) is 5. The molecular formula is C11H17F3N4O2S. The van der Waals surface area contributed by atoms with Crippen molar-refractivity contribution in [2.24, 2.45) is 5.92 Å². The summed E-state index contributed by atoms with van der Waals surface area (Å²) in [4.78, 5) is 11.5. The molecule has 1 aromatic heterocycles. The number of nitrogens with zero attached hydrogens (tertiary/aromatic N) is 2. The molecular weight excluding hydrogens is 309 g/mol. The number of aliphatic hydroxyl groups is 1. The summed E-state index contributed by atoms with van der Waals surface area (Å²) < 4.78 is 36.9. The first kappa shape index (κ1) is 17.6. The zero-order chi connectivity index (χ0) is 16.0. The van der Waals surface area contributed by atoms with Gasteiger partial charge in [-0.25, -0.2) is 4.79 Å². The lowest BCUT2D eigenvalue weighted by molar-refractivity contribution is -0.138. The molecule has 0 fully saturated rings. The maximum atomic E-state index is 12.3. The van der Waals surface area contributed by atoms with Gasteiger partial charge in [0.25, 0.3) is 0 Å². The SMILES string of the molecule is CCC(CC)C(O)CNC(=O)Nc1nnc(C(F)(F)F)s1. The number of amides is 2. The smallest absolute Gasteiger partial charge is 0.391 e. The number of carbonyl (C=O) groups is 1. The van der Waals surface area contributed by atoms with Crippen LogP contribution in [-0.4, -0.2) is 34.0 Å². The monoisotopic (exact) mass is 326 g/mol. The first-order valence-electron chi connectivity index (χ1n) is 6.41. The van der Waals surface area contributed by atoms with Gasteiger partial charge in [-0.3, -0.25) is 5.32 Å². The maximum Gasteiger partial charge on any atom is 0.445 e. The van der Waals surface area contributed by atoms with Crippen LogP contribution in [0.25, 0.3) is 0 Å². The van der Waals surface area contributed by atoms with Gasteiger partial charge in [-0.2, -0.15) is 13.2 Å². The van der Waals surface area contributed by atoms with Crippen molar-refractivity contribution >= 4 is 22.5 Å². The van der Waals surface area contributed by atoms with Crippen LogP contribution in [0, 0.1) is 5.92 Å². The van der Waals surface area contributed by atoms with E-state index < -0.39 is 23.3 Å². The summed E-state index contributed by atoms with van der Waals surface area (Å²) in [6, 6.07) is -0.732. The van der Waals surface area contributed by atoms with E-state index in [4.69, 9.17) is 0 Å². The summed E-state index contributed by atoms with van der Waals surface area (Å²) in [5.74, 6) is 0.0589. The second-order valence-corrected chi connectivity index (χ2v) is 5.37. The van der Waals surface area contributed by atoms with Crippen LogP contribution in [0.1, 0.15) is 31.7 Å². The standard InChI is InChI=1S/C11H17F3N4O2S/c1-3-6(4-2)7(19)5-15-9(20)16-10-18-17-8(21-10)11(12,13)14/h6-7,19H,3-5H2,1-2H3,(H2,15,16,18,20). The normalized spacial score (nSPS) is 13.3. The fourth-order valence-electron chi connectivity index (χ4n) is 1.73. The van der Waals surface area contributed by atoms with Gasteiger partial charge in [-0.1, -0.05) is 38.0 Å². The van der Waals surface area contributed by atoms with Crippen molar-refractivity contribution in [3.63, 3.8) is 0 Å². The summed E-state index contributed by atoms with van der Waals surface area (Å²) in [5.41, 5.74) is 0. The Morgan fingerprint density at radius 2 is 1.95 bits per heavy atom. The first-order chi connectivity index (χ1) is 9.77. The van der Waals surface area contributed by atoms with E-state index in [1.165, 1.54) is 0 Å². The van der Waals surface area contributed by atoms with Crippen molar-refractivity contribution in [1.82, 2.24) is 15.5 Å². The number of anilines is 1. The lowest BCUT2D eigenvalue weighted by Gasteiger charge is -2.20. The molecule has 6 nitrogen and oxygen atoms in total. The van der Waals surface area contributed by atoms with Gasteiger partial charge in [0.05, 0.1) is 6.10 Å². The highest BCUT2D eigenvalue weighted by Gasteiger charge is 2.35. The molecule has 0 aliphatic rings. The third-order valence-electron chi connectivity index (χ3n) is 2.95. The van der Waals surface area contributed by atoms with Crippen LogP contribution in [-0.2, 0) is 6.18 Å². The van der Waals surface area contributed by atoms with E-state index in [9.17, 15) is 23.1 Å². The topological polar surface area (TPSA) is 87.1 Å². The van der Waals surface area contributed by atoms with Gasteiger partial charge < -0.3 is 10.4 Å². The Bertz CT molecular complexity index is 463. The first-order valence-corrected chi connectivity index (χ1v) is 7.23. The third kappa shape index (κ3) is 5.46. The fourth-order valence-corrected chi connectivity index (χ4v) is 2.33. The Labute approximate surface area is 123 Å². The van der Waals surface area contributed by atoms with Crippen LogP contribution in [0.3, 0.4) is 0 Å². The Hall–Kier alpha value is -1.42. The molecule has 0 bridgehead atoms. The van der Waals surface area contributed by atoms with Crippen molar-refractivity contribution in [2.75, 3.05) is 11.9 Å². The number of aromatic nitrogens is 2. The number of alkyl halides is 3. The minimum absolute atomic E-state index is 0.0170. The predicted octanol–water partition coefficient (Wildman–Crippen LogP) is 2.48. The molecule has 10 heteroatoms. The number of urea groups is 1. The second-order valence-electron chi connectivity index (χ2n) is 4.39. The highest BCUT2D eigenvalue weighted by molar-refractivity contribution is 7.15. The van der Waals surface area contributed by atoms with E-state index in [0.717, 1.165) is 12.8 Å². The minimum Gasteiger partial charge on any atom is -0.391 e. The zero-order valence-corrected chi connectivity index (χ0v) is 12.4. The average Bonchev–Trinajstić information content (AvgIpc) is 2.86. The van der Waals surface area contributed by atoms with Crippen LogP contribution >= 0.6 is 11.3 Å². The predicted molar refractivity (Wildman–Crippen MR) is 72.0 cm³/mol. The molecule has 1 heterocycles. The molecule has 0 aliphatic carbocycles. The largest absolute Gasteiger partial charge is 0.445 e. The number of nitrogens with one attached hydrogen (secondary N) is 2. The van der Waals surface area contributed by atoms with Crippen LogP contribution in [0.15, 0.2) is 0 Å². The quantitative estimate of drug-likeness (QED) is 0.749. The van der Waals surface area contributed by atoms with Gasteiger partial charge in [0.1, 0.15) is 0 Å². The fraction of sp³-hybridized carbons (Fsp3) is 0.727. The van der Waals surface area contributed by atoms with Gasteiger partial charge in [0.15, 0.2) is 0 Å². The minimum atomic E-state index is -4.58. The number of carbonyl (C=O) groups excluding carboxylic acids is 1. The summed E-state index contributed by atoms with van der Waals surface area (Å²) in [5, 5.41) is 19.1. The molecule has 0 saturated carbocycles. The Balaban J connectivity index is 2.46. The number of halogens is 3. The van der Waals surface area contributed by atoms with Crippen LogP contribution in [0.2, 0.25) is 0 Å².